The SMILES string of the molecule is O=C(O)CC1(CNC(=O)N2CCOC3CCCC32)CCC1. The Hall–Kier alpha value is -1.30. The average Bonchev–Trinajstić information content (AvgIpc) is 2.89. The standard InChI is InChI=1S/C15H24N2O4/c18-13(19)9-15(5-2-6-15)10-16-14(20)17-7-8-21-12-4-1-3-11(12)17/h11-12H,1-10H2,(H,16,20)(H,18,19). The van der Waals surface area contributed by atoms with Gasteiger partial charge in [-0.3, -0.25) is 4.79 Å². The molecule has 2 saturated carbocycles. The van der Waals surface area contributed by atoms with Gasteiger partial charge in [-0.1, -0.05) is 6.42 Å². The molecule has 21 heavy (non-hydrogen) atoms. The van der Waals surface area contributed by atoms with Gasteiger partial charge in [0.15, 0.2) is 0 Å². The number of rotatable bonds is 4. The van der Waals surface area contributed by atoms with Crippen molar-refractivity contribution in [2.75, 3.05) is 19.7 Å². The minimum absolute atomic E-state index is 0.0492. The van der Waals surface area contributed by atoms with Crippen molar-refractivity contribution in [2.24, 2.45) is 5.41 Å². The van der Waals surface area contributed by atoms with Crippen LogP contribution in [-0.4, -0.2) is 53.8 Å². The summed E-state index contributed by atoms with van der Waals surface area (Å²) in [5.74, 6) is -0.772. The minimum Gasteiger partial charge on any atom is -0.481 e. The zero-order chi connectivity index (χ0) is 14.9. The highest BCUT2D eigenvalue weighted by molar-refractivity contribution is 5.75. The molecule has 2 aliphatic carbocycles. The lowest BCUT2D eigenvalue weighted by atomic mass is 9.66. The highest BCUT2D eigenvalue weighted by atomic mass is 16.5. The Labute approximate surface area is 124 Å². The minimum atomic E-state index is -0.772. The molecule has 3 rings (SSSR count). The summed E-state index contributed by atoms with van der Waals surface area (Å²) in [5, 5.41) is 12.0. The molecular weight excluding hydrogens is 272 g/mol. The number of fused-ring (bicyclic) bond motifs is 1. The molecule has 0 spiro atoms. The summed E-state index contributed by atoms with van der Waals surface area (Å²) in [4.78, 5) is 25.3. The smallest absolute Gasteiger partial charge is 0.317 e. The molecule has 118 valence electrons. The maximum atomic E-state index is 12.4. The molecule has 1 aliphatic heterocycles. The Morgan fingerprint density at radius 2 is 2.10 bits per heavy atom. The van der Waals surface area contributed by atoms with E-state index in [-0.39, 0.29) is 30.0 Å². The van der Waals surface area contributed by atoms with Crippen molar-refractivity contribution in [3.05, 3.63) is 0 Å². The number of carbonyl (C=O) groups excluding carboxylic acids is 1. The molecule has 0 radical (unpaired) electrons. The summed E-state index contributed by atoms with van der Waals surface area (Å²) < 4.78 is 5.71. The number of morpholine rings is 1. The first-order valence-corrected chi connectivity index (χ1v) is 7.98. The summed E-state index contributed by atoms with van der Waals surface area (Å²) in [7, 11) is 0. The first kappa shape index (κ1) is 14.6. The lowest BCUT2D eigenvalue weighted by Crippen LogP contribution is -2.56. The molecule has 2 N–H and O–H groups in total. The maximum Gasteiger partial charge on any atom is 0.317 e. The Balaban J connectivity index is 1.55. The predicted molar refractivity (Wildman–Crippen MR) is 76.0 cm³/mol. The van der Waals surface area contributed by atoms with Crippen LogP contribution >= 0.6 is 0 Å². The number of hydrogen-bond acceptors (Lipinski definition) is 3. The molecule has 6 heteroatoms. The van der Waals surface area contributed by atoms with E-state index in [1.165, 1.54) is 0 Å². The quantitative estimate of drug-likeness (QED) is 0.826. The Kier molecular flexibility index (Phi) is 4.06. The van der Waals surface area contributed by atoms with Crippen molar-refractivity contribution in [3.8, 4) is 0 Å². The van der Waals surface area contributed by atoms with Crippen LogP contribution in [0.1, 0.15) is 44.9 Å². The van der Waals surface area contributed by atoms with E-state index in [4.69, 9.17) is 9.84 Å². The number of nitrogens with one attached hydrogen (secondary N) is 1. The molecule has 6 nitrogen and oxygen atoms in total. The van der Waals surface area contributed by atoms with Crippen LogP contribution in [0.3, 0.4) is 0 Å². The number of aliphatic carboxylic acids is 1. The van der Waals surface area contributed by atoms with E-state index in [1.54, 1.807) is 0 Å². The van der Waals surface area contributed by atoms with Crippen molar-refractivity contribution in [3.63, 3.8) is 0 Å². The second-order valence-electron chi connectivity index (χ2n) is 6.68. The number of carboxylic acids is 1. The van der Waals surface area contributed by atoms with Gasteiger partial charge in [-0.15, -0.1) is 0 Å². The van der Waals surface area contributed by atoms with Gasteiger partial charge in [0.2, 0.25) is 0 Å². The molecular formula is C15H24N2O4. The van der Waals surface area contributed by atoms with E-state index in [2.05, 4.69) is 5.32 Å². The Morgan fingerprint density at radius 1 is 1.29 bits per heavy atom. The zero-order valence-electron chi connectivity index (χ0n) is 12.3. The monoisotopic (exact) mass is 296 g/mol. The summed E-state index contributed by atoms with van der Waals surface area (Å²) >= 11 is 0. The molecule has 0 aromatic heterocycles. The van der Waals surface area contributed by atoms with E-state index < -0.39 is 5.97 Å². The molecule has 3 fully saturated rings. The fourth-order valence-electron chi connectivity index (χ4n) is 3.96. The average molecular weight is 296 g/mol. The van der Waals surface area contributed by atoms with Crippen molar-refractivity contribution >= 4 is 12.0 Å². The first-order valence-electron chi connectivity index (χ1n) is 7.98. The molecule has 2 amide bonds. The number of urea groups is 1. The molecule has 1 saturated heterocycles. The molecule has 2 atom stereocenters. The summed E-state index contributed by atoms with van der Waals surface area (Å²) in [6, 6.07) is 0.155. The topological polar surface area (TPSA) is 78.9 Å². The van der Waals surface area contributed by atoms with Gasteiger partial charge in [0, 0.05) is 13.1 Å². The molecule has 3 aliphatic rings. The van der Waals surface area contributed by atoms with Gasteiger partial charge in [0.1, 0.15) is 0 Å². The fourth-order valence-corrected chi connectivity index (χ4v) is 3.96. The fraction of sp³-hybridized carbons (Fsp3) is 0.867. The van der Waals surface area contributed by atoms with Crippen LogP contribution in [-0.2, 0) is 9.53 Å². The van der Waals surface area contributed by atoms with Crippen molar-refractivity contribution in [2.45, 2.75) is 57.1 Å². The molecule has 1 heterocycles. The summed E-state index contributed by atoms with van der Waals surface area (Å²) in [6.45, 7) is 1.72. The number of amides is 2. The van der Waals surface area contributed by atoms with E-state index in [0.29, 0.717) is 19.7 Å². The van der Waals surface area contributed by atoms with Crippen LogP contribution in [0.25, 0.3) is 0 Å². The summed E-state index contributed by atoms with van der Waals surface area (Å²) in [5.41, 5.74) is -0.219. The van der Waals surface area contributed by atoms with Crippen LogP contribution in [0, 0.1) is 5.41 Å². The highest BCUT2D eigenvalue weighted by Gasteiger charge is 2.41. The second-order valence-corrected chi connectivity index (χ2v) is 6.68. The van der Waals surface area contributed by atoms with Crippen molar-refractivity contribution in [1.29, 1.82) is 0 Å². The third-order valence-corrected chi connectivity index (χ3v) is 5.30. The largest absolute Gasteiger partial charge is 0.481 e. The zero-order valence-corrected chi connectivity index (χ0v) is 12.3. The third kappa shape index (κ3) is 3.00. The molecule has 0 aromatic carbocycles. The van der Waals surface area contributed by atoms with Gasteiger partial charge in [-0.05, 0) is 37.5 Å². The van der Waals surface area contributed by atoms with E-state index in [0.717, 1.165) is 38.5 Å². The van der Waals surface area contributed by atoms with Gasteiger partial charge >= 0.3 is 12.0 Å². The maximum absolute atomic E-state index is 12.4. The van der Waals surface area contributed by atoms with Gasteiger partial charge in [-0.25, -0.2) is 4.79 Å². The lowest BCUT2D eigenvalue weighted by Gasteiger charge is -2.42. The number of carboxylic acid groups (broad SMARTS) is 1. The van der Waals surface area contributed by atoms with Crippen LogP contribution < -0.4 is 5.32 Å². The van der Waals surface area contributed by atoms with Crippen molar-refractivity contribution in [1.82, 2.24) is 10.2 Å². The van der Waals surface area contributed by atoms with Gasteiger partial charge in [0.25, 0.3) is 0 Å². The van der Waals surface area contributed by atoms with Gasteiger partial charge in [-0.2, -0.15) is 0 Å². The summed E-state index contributed by atoms with van der Waals surface area (Å²) in [6.07, 6.45) is 6.37. The highest BCUT2D eigenvalue weighted by Crippen LogP contribution is 2.43. The predicted octanol–water partition coefficient (Wildman–Crippen LogP) is 1.59. The Morgan fingerprint density at radius 3 is 2.76 bits per heavy atom. The van der Waals surface area contributed by atoms with E-state index in [9.17, 15) is 9.59 Å². The number of nitrogens with zero attached hydrogens (tertiary/aromatic N) is 1. The molecule has 0 bridgehead atoms. The number of ether oxygens (including phenoxy) is 1. The van der Waals surface area contributed by atoms with Crippen LogP contribution in [0.2, 0.25) is 0 Å². The second kappa shape index (κ2) is 5.83. The molecule has 0 aromatic rings. The van der Waals surface area contributed by atoms with Gasteiger partial charge in [0.05, 0.1) is 25.2 Å². The van der Waals surface area contributed by atoms with Crippen LogP contribution in [0.15, 0.2) is 0 Å². The van der Waals surface area contributed by atoms with Crippen LogP contribution in [0.4, 0.5) is 4.79 Å². The van der Waals surface area contributed by atoms with Gasteiger partial charge < -0.3 is 20.1 Å². The number of carbonyl (C=O) groups is 2. The third-order valence-electron chi connectivity index (χ3n) is 5.30. The Bertz CT molecular complexity index is 422. The number of hydrogen-bond donors (Lipinski definition) is 2. The van der Waals surface area contributed by atoms with E-state index >= 15 is 0 Å². The molecule has 2 unspecified atom stereocenters. The van der Waals surface area contributed by atoms with Crippen LogP contribution in [0.5, 0.6) is 0 Å². The first-order chi connectivity index (χ1) is 10.1. The normalized spacial score (nSPS) is 30.4. The van der Waals surface area contributed by atoms with E-state index in [1.807, 2.05) is 4.90 Å². The lowest BCUT2D eigenvalue weighted by molar-refractivity contribution is -0.141. The van der Waals surface area contributed by atoms with Crippen molar-refractivity contribution < 1.29 is 19.4 Å².